The van der Waals surface area contributed by atoms with Gasteiger partial charge in [-0.1, -0.05) is 37.3 Å². The fraction of sp³-hybridized carbons (Fsp3) is 0.222. The third kappa shape index (κ3) is 5.14. The highest BCUT2D eigenvalue weighted by atomic mass is 16.5. The van der Waals surface area contributed by atoms with Gasteiger partial charge in [0.15, 0.2) is 5.96 Å². The number of hydrogen-bond acceptors (Lipinski definition) is 3. The number of aliphatic imine (C=N–C) groups is 1. The van der Waals surface area contributed by atoms with Gasteiger partial charge in [0, 0.05) is 0 Å². The van der Waals surface area contributed by atoms with E-state index in [4.69, 9.17) is 16.2 Å². The van der Waals surface area contributed by atoms with Gasteiger partial charge in [-0.25, -0.2) is 4.99 Å². The molecule has 0 amide bonds. The predicted octanol–water partition coefficient (Wildman–Crippen LogP) is 2.77. The molecule has 0 saturated heterocycles. The van der Waals surface area contributed by atoms with Crippen LogP contribution in [-0.4, -0.2) is 11.9 Å². The molecule has 2 aromatic carbocycles. The largest absolute Gasteiger partial charge is 0.426 e. The van der Waals surface area contributed by atoms with Gasteiger partial charge in [0.1, 0.15) is 5.75 Å². The van der Waals surface area contributed by atoms with Crippen molar-refractivity contribution in [3.63, 3.8) is 0 Å². The van der Waals surface area contributed by atoms with Crippen LogP contribution in [0.25, 0.3) is 0 Å². The molecule has 0 radical (unpaired) electrons. The maximum absolute atomic E-state index is 12.3. The highest BCUT2D eigenvalue weighted by Gasteiger charge is 2.19. The minimum Gasteiger partial charge on any atom is -0.426 e. The summed E-state index contributed by atoms with van der Waals surface area (Å²) in [4.78, 5) is 16.3. The summed E-state index contributed by atoms with van der Waals surface area (Å²) in [7, 11) is 0. The molecule has 0 aliphatic rings. The highest BCUT2D eigenvalue weighted by Crippen LogP contribution is 2.19. The molecule has 23 heavy (non-hydrogen) atoms. The Kier molecular flexibility index (Phi) is 5.74. The number of esters is 1. The van der Waals surface area contributed by atoms with Gasteiger partial charge in [-0.3, -0.25) is 4.79 Å². The van der Waals surface area contributed by atoms with Crippen molar-refractivity contribution in [1.82, 2.24) is 0 Å². The molecule has 1 atom stereocenters. The maximum Gasteiger partial charge on any atom is 0.314 e. The van der Waals surface area contributed by atoms with Crippen LogP contribution in [0.1, 0.15) is 18.9 Å². The average Bonchev–Trinajstić information content (AvgIpc) is 2.54. The molecule has 2 rings (SSSR count). The van der Waals surface area contributed by atoms with Crippen LogP contribution >= 0.6 is 0 Å². The minimum atomic E-state index is -0.216. The van der Waals surface area contributed by atoms with Crippen LogP contribution in [0.5, 0.6) is 5.75 Å². The first-order valence-electron chi connectivity index (χ1n) is 7.53. The molecule has 0 bridgehead atoms. The molecule has 1 unspecified atom stereocenters. The molecule has 0 aliphatic carbocycles. The fourth-order valence-electron chi connectivity index (χ4n) is 2.22. The molecule has 2 aromatic rings. The molecule has 0 spiro atoms. The Morgan fingerprint density at radius 1 is 1.09 bits per heavy atom. The van der Waals surface area contributed by atoms with E-state index < -0.39 is 0 Å². The third-order valence-electron chi connectivity index (χ3n) is 3.46. The molecule has 0 saturated carbocycles. The smallest absolute Gasteiger partial charge is 0.314 e. The van der Waals surface area contributed by atoms with Gasteiger partial charge in [-0.15, -0.1) is 0 Å². The molecular weight excluding hydrogens is 290 g/mol. The molecule has 0 fully saturated rings. The zero-order valence-corrected chi connectivity index (χ0v) is 13.1. The maximum atomic E-state index is 12.3. The van der Waals surface area contributed by atoms with E-state index in [0.717, 1.165) is 5.56 Å². The van der Waals surface area contributed by atoms with Gasteiger partial charge in [0.05, 0.1) is 11.6 Å². The fourth-order valence-corrected chi connectivity index (χ4v) is 2.22. The molecule has 0 heterocycles. The van der Waals surface area contributed by atoms with E-state index >= 15 is 0 Å². The van der Waals surface area contributed by atoms with E-state index in [1.54, 1.807) is 12.1 Å². The van der Waals surface area contributed by atoms with Crippen molar-refractivity contribution in [2.75, 3.05) is 0 Å². The summed E-state index contributed by atoms with van der Waals surface area (Å²) in [5.41, 5.74) is 12.4. The minimum absolute atomic E-state index is 0.0237. The van der Waals surface area contributed by atoms with E-state index in [9.17, 15) is 4.79 Å². The standard InChI is InChI=1S/C18H21N3O2/c1-2-14(17(22)23-16-6-4-3-5-7-16)12-13-8-10-15(11-9-13)21-18(19)20/h3-11,14H,2,12H2,1H3,(H4,19,20,21). The molecule has 0 aromatic heterocycles. The van der Waals surface area contributed by atoms with E-state index in [0.29, 0.717) is 24.3 Å². The summed E-state index contributed by atoms with van der Waals surface area (Å²) in [5, 5.41) is 0. The summed E-state index contributed by atoms with van der Waals surface area (Å²) in [6.45, 7) is 1.98. The summed E-state index contributed by atoms with van der Waals surface area (Å²) < 4.78 is 5.42. The van der Waals surface area contributed by atoms with Gasteiger partial charge < -0.3 is 16.2 Å². The van der Waals surface area contributed by atoms with Crippen LogP contribution in [-0.2, 0) is 11.2 Å². The average molecular weight is 311 g/mol. The summed E-state index contributed by atoms with van der Waals surface area (Å²) in [6.07, 6.45) is 1.32. The number of nitrogens with two attached hydrogens (primary N) is 2. The summed E-state index contributed by atoms with van der Waals surface area (Å²) in [5.74, 6) is 0.186. The lowest BCUT2D eigenvalue weighted by Crippen LogP contribution is -2.22. The van der Waals surface area contributed by atoms with Crippen molar-refractivity contribution in [3.8, 4) is 5.75 Å². The number of benzene rings is 2. The predicted molar refractivity (Wildman–Crippen MR) is 91.5 cm³/mol. The monoisotopic (exact) mass is 311 g/mol. The lowest BCUT2D eigenvalue weighted by atomic mass is 9.97. The first kappa shape index (κ1) is 16.5. The Hall–Kier alpha value is -2.82. The number of carbonyl (C=O) groups is 1. The van der Waals surface area contributed by atoms with E-state index in [1.807, 2.05) is 49.4 Å². The molecule has 5 nitrogen and oxygen atoms in total. The summed E-state index contributed by atoms with van der Waals surface area (Å²) >= 11 is 0. The number of hydrogen-bond donors (Lipinski definition) is 2. The van der Waals surface area contributed by atoms with Crippen molar-refractivity contribution in [2.24, 2.45) is 22.4 Å². The number of rotatable bonds is 6. The first-order chi connectivity index (χ1) is 11.1. The number of guanidine groups is 1. The third-order valence-corrected chi connectivity index (χ3v) is 3.46. The van der Waals surface area contributed by atoms with Crippen molar-refractivity contribution in [3.05, 3.63) is 60.2 Å². The van der Waals surface area contributed by atoms with Gasteiger partial charge in [-0.05, 0) is 42.7 Å². The molecular formula is C18H21N3O2. The Morgan fingerprint density at radius 2 is 1.74 bits per heavy atom. The quantitative estimate of drug-likeness (QED) is 0.371. The Morgan fingerprint density at radius 3 is 2.30 bits per heavy atom. The molecule has 5 heteroatoms. The first-order valence-corrected chi connectivity index (χ1v) is 7.53. The number of carbonyl (C=O) groups excluding carboxylic acids is 1. The van der Waals surface area contributed by atoms with E-state index in [-0.39, 0.29) is 17.8 Å². The zero-order valence-electron chi connectivity index (χ0n) is 13.1. The molecule has 4 N–H and O–H groups in total. The van der Waals surface area contributed by atoms with Crippen LogP contribution in [0, 0.1) is 5.92 Å². The zero-order chi connectivity index (χ0) is 16.7. The highest BCUT2D eigenvalue weighted by molar-refractivity contribution is 5.79. The van der Waals surface area contributed by atoms with Crippen LogP contribution < -0.4 is 16.2 Å². The summed E-state index contributed by atoms with van der Waals surface area (Å²) in [6, 6.07) is 16.6. The van der Waals surface area contributed by atoms with Crippen LogP contribution in [0.3, 0.4) is 0 Å². The van der Waals surface area contributed by atoms with Crippen LogP contribution in [0.4, 0.5) is 5.69 Å². The van der Waals surface area contributed by atoms with Gasteiger partial charge in [0.25, 0.3) is 0 Å². The van der Waals surface area contributed by atoms with Gasteiger partial charge in [-0.2, -0.15) is 0 Å². The van der Waals surface area contributed by atoms with E-state index in [1.165, 1.54) is 0 Å². The second-order valence-corrected chi connectivity index (χ2v) is 5.25. The lowest BCUT2D eigenvalue weighted by Gasteiger charge is -2.14. The molecule has 0 aliphatic heterocycles. The second-order valence-electron chi connectivity index (χ2n) is 5.25. The number of ether oxygens (including phenoxy) is 1. The van der Waals surface area contributed by atoms with Crippen molar-refractivity contribution >= 4 is 17.6 Å². The lowest BCUT2D eigenvalue weighted by molar-refractivity contribution is -0.139. The van der Waals surface area contributed by atoms with E-state index in [2.05, 4.69) is 4.99 Å². The Labute approximate surface area is 136 Å². The van der Waals surface area contributed by atoms with Gasteiger partial charge >= 0.3 is 5.97 Å². The second kappa shape index (κ2) is 7.98. The molecule has 120 valence electrons. The van der Waals surface area contributed by atoms with Gasteiger partial charge in [0.2, 0.25) is 0 Å². The Bertz CT molecular complexity index is 662. The normalized spacial score (nSPS) is 11.5. The topological polar surface area (TPSA) is 90.7 Å². The number of nitrogens with zero attached hydrogens (tertiary/aromatic N) is 1. The SMILES string of the molecule is CCC(Cc1ccc(N=C(N)N)cc1)C(=O)Oc1ccccc1. The number of para-hydroxylation sites is 1. The van der Waals surface area contributed by atoms with Crippen molar-refractivity contribution in [1.29, 1.82) is 0 Å². The van der Waals surface area contributed by atoms with Crippen LogP contribution in [0.15, 0.2) is 59.6 Å². The van der Waals surface area contributed by atoms with Crippen molar-refractivity contribution in [2.45, 2.75) is 19.8 Å². The Balaban J connectivity index is 2.01. The van der Waals surface area contributed by atoms with Crippen LogP contribution in [0.2, 0.25) is 0 Å². The van der Waals surface area contributed by atoms with Crippen molar-refractivity contribution < 1.29 is 9.53 Å².